The fourth-order valence-electron chi connectivity index (χ4n) is 3.22. The van der Waals surface area contributed by atoms with Crippen molar-refractivity contribution in [1.29, 1.82) is 0 Å². The molecule has 0 radical (unpaired) electrons. The van der Waals surface area contributed by atoms with E-state index in [1.165, 1.54) is 0 Å². The lowest BCUT2D eigenvalue weighted by atomic mass is 9.95. The molecule has 2 aromatic carbocycles. The average molecular weight is 369 g/mol. The van der Waals surface area contributed by atoms with E-state index in [9.17, 15) is 4.79 Å². The first-order valence-electron chi connectivity index (χ1n) is 9.38. The lowest BCUT2D eigenvalue weighted by Gasteiger charge is -2.25. The van der Waals surface area contributed by atoms with Crippen molar-refractivity contribution < 1.29 is 19.0 Å². The molecule has 144 valence electrons. The van der Waals surface area contributed by atoms with E-state index < -0.39 is 0 Å². The van der Waals surface area contributed by atoms with Gasteiger partial charge in [-0.2, -0.15) is 0 Å². The van der Waals surface area contributed by atoms with Crippen LogP contribution in [-0.4, -0.2) is 26.2 Å². The van der Waals surface area contributed by atoms with Crippen LogP contribution in [0.25, 0.3) is 0 Å². The van der Waals surface area contributed by atoms with Gasteiger partial charge in [-0.1, -0.05) is 32.0 Å². The highest BCUT2D eigenvalue weighted by Crippen LogP contribution is 2.34. The maximum atomic E-state index is 12.5. The van der Waals surface area contributed by atoms with Crippen LogP contribution in [0, 0.1) is 5.92 Å². The van der Waals surface area contributed by atoms with Crippen LogP contribution in [0.5, 0.6) is 17.2 Å². The number of carbonyl (C=O) groups is 1. The minimum absolute atomic E-state index is 0.0337. The van der Waals surface area contributed by atoms with Gasteiger partial charge < -0.3 is 19.5 Å². The second-order valence-electron chi connectivity index (χ2n) is 7.04. The van der Waals surface area contributed by atoms with Crippen LogP contribution in [0.1, 0.15) is 37.4 Å². The number of ether oxygens (including phenoxy) is 3. The number of hydrogen-bond acceptors (Lipinski definition) is 4. The quantitative estimate of drug-likeness (QED) is 0.804. The first-order chi connectivity index (χ1) is 13.1. The van der Waals surface area contributed by atoms with Crippen molar-refractivity contribution in [2.24, 2.45) is 5.92 Å². The van der Waals surface area contributed by atoms with Gasteiger partial charge in [-0.25, -0.2) is 0 Å². The Morgan fingerprint density at radius 2 is 1.89 bits per heavy atom. The minimum Gasteiger partial charge on any atom is -0.497 e. The summed E-state index contributed by atoms with van der Waals surface area (Å²) < 4.78 is 16.5. The Morgan fingerprint density at radius 3 is 2.63 bits per heavy atom. The van der Waals surface area contributed by atoms with Gasteiger partial charge in [0, 0.05) is 6.42 Å². The molecule has 0 spiro atoms. The molecule has 1 amide bonds. The molecule has 0 saturated carbocycles. The van der Waals surface area contributed by atoms with E-state index in [2.05, 4.69) is 19.2 Å². The molecule has 1 heterocycles. The Bertz CT molecular complexity index is 788. The number of benzene rings is 2. The summed E-state index contributed by atoms with van der Waals surface area (Å²) in [6.07, 6.45) is 1.11. The molecule has 2 aromatic rings. The SMILES string of the molecule is COc1cccc(CCC(=O)NC(c2ccc3c(c2)OCCO3)C(C)C)c1. The van der Waals surface area contributed by atoms with Crippen LogP contribution >= 0.6 is 0 Å². The fourth-order valence-corrected chi connectivity index (χ4v) is 3.22. The van der Waals surface area contributed by atoms with Crippen LogP contribution in [-0.2, 0) is 11.2 Å². The first kappa shape index (κ1) is 19.1. The molecule has 1 N–H and O–H groups in total. The Hall–Kier alpha value is -2.69. The molecule has 0 aromatic heterocycles. The third-order valence-corrected chi connectivity index (χ3v) is 4.68. The summed E-state index contributed by atoms with van der Waals surface area (Å²) in [5.41, 5.74) is 2.12. The van der Waals surface area contributed by atoms with Gasteiger partial charge >= 0.3 is 0 Å². The molecule has 1 aliphatic rings. The van der Waals surface area contributed by atoms with Gasteiger partial charge in [-0.15, -0.1) is 0 Å². The maximum absolute atomic E-state index is 12.5. The predicted molar refractivity (Wildman–Crippen MR) is 104 cm³/mol. The normalized spacial score (nSPS) is 13.9. The van der Waals surface area contributed by atoms with Crippen molar-refractivity contribution in [2.45, 2.75) is 32.7 Å². The minimum atomic E-state index is -0.0707. The van der Waals surface area contributed by atoms with Gasteiger partial charge in [0.1, 0.15) is 19.0 Å². The van der Waals surface area contributed by atoms with Gasteiger partial charge in [0.2, 0.25) is 5.91 Å². The zero-order valence-electron chi connectivity index (χ0n) is 16.2. The molecule has 1 unspecified atom stereocenters. The van der Waals surface area contributed by atoms with Crippen molar-refractivity contribution in [3.05, 3.63) is 53.6 Å². The number of amides is 1. The van der Waals surface area contributed by atoms with Gasteiger partial charge in [0.05, 0.1) is 13.2 Å². The smallest absolute Gasteiger partial charge is 0.220 e. The Labute approximate surface area is 160 Å². The van der Waals surface area contributed by atoms with Gasteiger partial charge in [0.15, 0.2) is 11.5 Å². The van der Waals surface area contributed by atoms with Crippen LogP contribution in [0.15, 0.2) is 42.5 Å². The van der Waals surface area contributed by atoms with E-state index in [4.69, 9.17) is 14.2 Å². The zero-order chi connectivity index (χ0) is 19.2. The lowest BCUT2D eigenvalue weighted by molar-refractivity contribution is -0.122. The summed E-state index contributed by atoms with van der Waals surface area (Å²) in [4.78, 5) is 12.5. The second-order valence-corrected chi connectivity index (χ2v) is 7.04. The molecule has 3 rings (SSSR count). The molecule has 1 aliphatic heterocycles. The van der Waals surface area contributed by atoms with E-state index in [0.717, 1.165) is 28.4 Å². The van der Waals surface area contributed by atoms with Gasteiger partial charge in [0.25, 0.3) is 0 Å². The average Bonchev–Trinajstić information content (AvgIpc) is 2.70. The van der Waals surface area contributed by atoms with Gasteiger partial charge in [-0.05, 0) is 47.7 Å². The zero-order valence-corrected chi connectivity index (χ0v) is 16.2. The molecule has 0 bridgehead atoms. The van der Waals surface area contributed by atoms with Crippen LogP contribution in [0.2, 0.25) is 0 Å². The maximum Gasteiger partial charge on any atom is 0.220 e. The van der Waals surface area contributed by atoms with E-state index in [1.54, 1.807) is 7.11 Å². The summed E-state index contributed by atoms with van der Waals surface area (Å²) in [6, 6.07) is 13.6. The second kappa shape index (κ2) is 8.80. The number of methoxy groups -OCH3 is 1. The molecule has 0 saturated heterocycles. The van der Waals surface area contributed by atoms with Crippen molar-refractivity contribution in [3.63, 3.8) is 0 Å². The predicted octanol–water partition coefficient (Wildman–Crippen LogP) is 3.91. The Morgan fingerprint density at radius 1 is 1.11 bits per heavy atom. The van der Waals surface area contributed by atoms with Crippen LogP contribution < -0.4 is 19.5 Å². The van der Waals surface area contributed by atoms with Crippen LogP contribution in [0.3, 0.4) is 0 Å². The standard InChI is InChI=1S/C22H27NO4/c1-15(2)22(17-8-9-19-20(14-17)27-12-11-26-19)23-21(24)10-7-16-5-4-6-18(13-16)25-3/h4-6,8-9,13-15,22H,7,10-12H2,1-3H3,(H,23,24). The van der Waals surface area contributed by atoms with E-state index in [1.807, 2.05) is 42.5 Å². The summed E-state index contributed by atoms with van der Waals surface area (Å²) in [7, 11) is 1.65. The number of carbonyl (C=O) groups excluding carboxylic acids is 1. The molecular weight excluding hydrogens is 342 g/mol. The third-order valence-electron chi connectivity index (χ3n) is 4.68. The summed E-state index contributed by atoms with van der Waals surface area (Å²) >= 11 is 0. The highest BCUT2D eigenvalue weighted by molar-refractivity contribution is 5.76. The fraction of sp³-hybridized carbons (Fsp3) is 0.409. The molecule has 5 nitrogen and oxygen atoms in total. The number of rotatable bonds is 7. The van der Waals surface area contributed by atoms with E-state index in [-0.39, 0.29) is 17.9 Å². The third kappa shape index (κ3) is 4.94. The Balaban J connectivity index is 1.64. The van der Waals surface area contributed by atoms with Crippen molar-refractivity contribution >= 4 is 5.91 Å². The van der Waals surface area contributed by atoms with Crippen molar-refractivity contribution in [3.8, 4) is 17.2 Å². The molecule has 1 atom stereocenters. The number of aryl methyl sites for hydroxylation is 1. The molecule has 0 fully saturated rings. The summed E-state index contributed by atoms with van der Waals surface area (Å²) in [6.45, 7) is 5.32. The molecular formula is C22H27NO4. The van der Waals surface area contributed by atoms with Crippen molar-refractivity contribution in [1.82, 2.24) is 5.32 Å². The van der Waals surface area contributed by atoms with E-state index in [0.29, 0.717) is 26.1 Å². The monoisotopic (exact) mass is 369 g/mol. The van der Waals surface area contributed by atoms with Gasteiger partial charge in [-0.3, -0.25) is 4.79 Å². The lowest BCUT2D eigenvalue weighted by Crippen LogP contribution is -2.32. The number of hydrogen-bond donors (Lipinski definition) is 1. The summed E-state index contributed by atoms with van der Waals surface area (Å²) in [5, 5.41) is 3.17. The van der Waals surface area contributed by atoms with Crippen LogP contribution in [0.4, 0.5) is 0 Å². The molecule has 5 heteroatoms. The van der Waals surface area contributed by atoms with Crippen molar-refractivity contribution in [2.75, 3.05) is 20.3 Å². The molecule has 0 aliphatic carbocycles. The Kier molecular flexibility index (Phi) is 6.22. The van der Waals surface area contributed by atoms with E-state index >= 15 is 0 Å². The number of nitrogens with one attached hydrogen (secondary N) is 1. The topological polar surface area (TPSA) is 56.8 Å². The summed E-state index contributed by atoms with van der Waals surface area (Å²) in [5.74, 6) is 2.61. The highest BCUT2D eigenvalue weighted by Gasteiger charge is 2.21. The highest BCUT2D eigenvalue weighted by atomic mass is 16.6. The molecule has 27 heavy (non-hydrogen) atoms. The first-order valence-corrected chi connectivity index (χ1v) is 9.38. The number of fused-ring (bicyclic) bond motifs is 1. The largest absolute Gasteiger partial charge is 0.497 e.